The van der Waals surface area contributed by atoms with E-state index in [0.717, 1.165) is 29.8 Å². The van der Waals surface area contributed by atoms with Crippen LogP contribution in [0.4, 0.5) is 10.1 Å². The average Bonchev–Trinajstić information content (AvgIpc) is 2.90. The maximum atomic E-state index is 13.5. The van der Waals surface area contributed by atoms with E-state index in [2.05, 4.69) is 4.90 Å². The molecule has 1 N–H and O–H groups in total. The van der Waals surface area contributed by atoms with Crippen molar-refractivity contribution in [3.05, 3.63) is 63.9 Å². The van der Waals surface area contributed by atoms with Crippen molar-refractivity contribution in [2.75, 3.05) is 18.1 Å². The minimum Gasteiger partial charge on any atom is -0.388 e. The highest BCUT2D eigenvalue weighted by molar-refractivity contribution is 6.31. The molecule has 0 saturated heterocycles. The van der Waals surface area contributed by atoms with Crippen molar-refractivity contribution in [1.82, 2.24) is 0 Å². The van der Waals surface area contributed by atoms with Gasteiger partial charge in [-0.05, 0) is 29.7 Å². The Hall–Kier alpha value is -1.91. The summed E-state index contributed by atoms with van der Waals surface area (Å²) in [6.07, 6.45) is 0.796. The lowest BCUT2D eigenvalue weighted by Gasteiger charge is -2.20. The second-order valence-electron chi connectivity index (χ2n) is 5.34. The second kappa shape index (κ2) is 6.07. The fourth-order valence-corrected chi connectivity index (χ4v) is 2.88. The number of carbonyl (C=O) groups is 1. The molecule has 0 amide bonds. The van der Waals surface area contributed by atoms with Crippen LogP contribution in [0.15, 0.2) is 36.4 Å². The fourth-order valence-electron chi connectivity index (χ4n) is 2.72. The number of nitrogens with zero attached hydrogens (tertiary/aromatic N) is 1. The van der Waals surface area contributed by atoms with E-state index in [1.807, 2.05) is 12.1 Å². The molecule has 1 aliphatic heterocycles. The van der Waals surface area contributed by atoms with E-state index >= 15 is 0 Å². The van der Waals surface area contributed by atoms with Crippen LogP contribution in [0.5, 0.6) is 0 Å². The molecule has 0 unspecified atom stereocenters. The molecule has 1 heterocycles. The van der Waals surface area contributed by atoms with Crippen LogP contribution in [0.25, 0.3) is 0 Å². The minimum atomic E-state index is -0.483. The van der Waals surface area contributed by atoms with Crippen molar-refractivity contribution in [2.24, 2.45) is 0 Å². The third-order valence-corrected chi connectivity index (χ3v) is 4.20. The predicted octanol–water partition coefficient (Wildman–Crippen LogP) is 3.22. The molecule has 1 aliphatic rings. The zero-order valence-corrected chi connectivity index (χ0v) is 12.6. The maximum Gasteiger partial charge on any atom is 0.188 e. The third-order valence-electron chi connectivity index (χ3n) is 3.91. The standard InChI is InChI=1S/C17H15ClFNO2/c18-14-8-16-13(7-15(14)19)5-6-20(16)9-11-1-3-12(4-2-11)17(22)10-21/h1-4,7-8,21H,5-6,9-10H2. The summed E-state index contributed by atoms with van der Waals surface area (Å²) in [7, 11) is 0. The summed E-state index contributed by atoms with van der Waals surface area (Å²) in [5.41, 5.74) is 3.47. The Morgan fingerprint density at radius 1 is 1.27 bits per heavy atom. The van der Waals surface area contributed by atoms with Crippen LogP contribution >= 0.6 is 11.6 Å². The Labute approximate surface area is 132 Å². The Kier molecular flexibility index (Phi) is 4.14. The molecule has 0 aromatic heterocycles. The van der Waals surface area contributed by atoms with Gasteiger partial charge in [0.25, 0.3) is 0 Å². The molecule has 2 aromatic carbocycles. The highest BCUT2D eigenvalue weighted by Gasteiger charge is 2.21. The van der Waals surface area contributed by atoms with Crippen LogP contribution in [-0.4, -0.2) is 24.0 Å². The summed E-state index contributed by atoms with van der Waals surface area (Å²) in [6, 6.07) is 10.3. The Morgan fingerprint density at radius 3 is 2.68 bits per heavy atom. The molecule has 0 saturated carbocycles. The maximum absolute atomic E-state index is 13.5. The van der Waals surface area contributed by atoms with Crippen LogP contribution in [-0.2, 0) is 13.0 Å². The molecule has 2 aromatic rings. The summed E-state index contributed by atoms with van der Waals surface area (Å²) in [5.74, 6) is -0.672. The number of anilines is 1. The summed E-state index contributed by atoms with van der Waals surface area (Å²) in [4.78, 5) is 13.5. The van der Waals surface area contributed by atoms with Crippen molar-refractivity contribution < 1.29 is 14.3 Å². The quantitative estimate of drug-likeness (QED) is 0.880. The number of benzene rings is 2. The zero-order valence-electron chi connectivity index (χ0n) is 11.9. The Morgan fingerprint density at radius 2 is 2.00 bits per heavy atom. The average molecular weight is 320 g/mol. The molecule has 3 nitrogen and oxygen atoms in total. The van der Waals surface area contributed by atoms with Gasteiger partial charge in [0.1, 0.15) is 12.4 Å². The van der Waals surface area contributed by atoms with Gasteiger partial charge >= 0.3 is 0 Å². The molecular weight excluding hydrogens is 305 g/mol. The van der Waals surface area contributed by atoms with Gasteiger partial charge in [0.2, 0.25) is 0 Å². The second-order valence-corrected chi connectivity index (χ2v) is 5.75. The largest absolute Gasteiger partial charge is 0.388 e. The molecule has 3 rings (SSSR count). The SMILES string of the molecule is O=C(CO)c1ccc(CN2CCc3cc(F)c(Cl)cc32)cc1. The van der Waals surface area contributed by atoms with Crippen LogP contribution < -0.4 is 4.90 Å². The molecule has 114 valence electrons. The molecule has 0 spiro atoms. The number of ketones is 1. The Balaban J connectivity index is 1.78. The van der Waals surface area contributed by atoms with Crippen LogP contribution in [0.2, 0.25) is 5.02 Å². The molecule has 0 aliphatic carbocycles. The van der Waals surface area contributed by atoms with Crippen molar-refractivity contribution >= 4 is 23.1 Å². The fraction of sp³-hybridized carbons (Fsp3) is 0.235. The van der Waals surface area contributed by atoms with E-state index in [-0.39, 0.29) is 16.6 Å². The summed E-state index contributed by atoms with van der Waals surface area (Å²) >= 11 is 5.87. The molecule has 5 heteroatoms. The van der Waals surface area contributed by atoms with Gasteiger partial charge in [0.05, 0.1) is 5.02 Å². The van der Waals surface area contributed by atoms with Gasteiger partial charge in [0, 0.05) is 24.3 Å². The number of hydrogen-bond donors (Lipinski definition) is 1. The normalized spacial score (nSPS) is 13.3. The van der Waals surface area contributed by atoms with Gasteiger partial charge in [0.15, 0.2) is 5.78 Å². The summed E-state index contributed by atoms with van der Waals surface area (Å²) in [6.45, 7) is 0.998. The lowest BCUT2D eigenvalue weighted by atomic mass is 10.1. The van der Waals surface area contributed by atoms with E-state index in [1.54, 1.807) is 18.2 Å². The zero-order chi connectivity index (χ0) is 15.7. The number of aliphatic hydroxyl groups is 1. The minimum absolute atomic E-state index is 0.134. The van der Waals surface area contributed by atoms with Gasteiger partial charge in [-0.3, -0.25) is 4.79 Å². The first kappa shape index (κ1) is 15.0. The van der Waals surface area contributed by atoms with Crippen molar-refractivity contribution in [3.8, 4) is 0 Å². The van der Waals surface area contributed by atoms with Gasteiger partial charge in [-0.25, -0.2) is 4.39 Å². The third kappa shape index (κ3) is 2.85. The van der Waals surface area contributed by atoms with E-state index in [4.69, 9.17) is 16.7 Å². The molecule has 0 fully saturated rings. The van der Waals surface area contributed by atoms with Crippen molar-refractivity contribution in [3.63, 3.8) is 0 Å². The molecular formula is C17H15ClFNO2. The molecule has 0 radical (unpaired) electrons. The van der Waals surface area contributed by atoms with Gasteiger partial charge in [-0.15, -0.1) is 0 Å². The first-order valence-electron chi connectivity index (χ1n) is 7.04. The number of carbonyl (C=O) groups excluding carboxylic acids is 1. The predicted molar refractivity (Wildman–Crippen MR) is 84.0 cm³/mol. The lowest BCUT2D eigenvalue weighted by Crippen LogP contribution is -2.19. The first-order chi connectivity index (χ1) is 10.6. The monoisotopic (exact) mass is 319 g/mol. The van der Waals surface area contributed by atoms with E-state index in [9.17, 15) is 9.18 Å². The number of hydrogen-bond acceptors (Lipinski definition) is 3. The molecule has 0 atom stereocenters. The number of rotatable bonds is 4. The summed E-state index contributed by atoms with van der Waals surface area (Å²) < 4.78 is 13.5. The van der Waals surface area contributed by atoms with Crippen LogP contribution in [0.3, 0.4) is 0 Å². The topological polar surface area (TPSA) is 40.5 Å². The molecule has 22 heavy (non-hydrogen) atoms. The van der Waals surface area contributed by atoms with Gasteiger partial charge in [-0.2, -0.15) is 0 Å². The Bertz CT molecular complexity index is 715. The number of aliphatic hydroxyl groups excluding tert-OH is 1. The lowest BCUT2D eigenvalue weighted by molar-refractivity contribution is 0.0903. The summed E-state index contributed by atoms with van der Waals surface area (Å²) in [5, 5.41) is 8.98. The van der Waals surface area contributed by atoms with E-state index in [0.29, 0.717) is 12.1 Å². The molecule has 0 bridgehead atoms. The van der Waals surface area contributed by atoms with Crippen LogP contribution in [0, 0.1) is 5.82 Å². The van der Waals surface area contributed by atoms with Gasteiger partial charge in [-0.1, -0.05) is 35.9 Å². The van der Waals surface area contributed by atoms with Crippen LogP contribution in [0.1, 0.15) is 21.5 Å². The highest BCUT2D eigenvalue weighted by atomic mass is 35.5. The highest BCUT2D eigenvalue weighted by Crippen LogP contribution is 2.33. The first-order valence-corrected chi connectivity index (χ1v) is 7.42. The number of fused-ring (bicyclic) bond motifs is 1. The van der Waals surface area contributed by atoms with E-state index < -0.39 is 6.61 Å². The smallest absolute Gasteiger partial charge is 0.188 e. The van der Waals surface area contributed by atoms with E-state index in [1.165, 1.54) is 6.07 Å². The number of halogens is 2. The van der Waals surface area contributed by atoms with Gasteiger partial charge < -0.3 is 10.0 Å². The number of Topliss-reactive ketones (excluding diaryl/α,β-unsaturated/α-hetero) is 1. The van der Waals surface area contributed by atoms with Crippen molar-refractivity contribution in [2.45, 2.75) is 13.0 Å². The van der Waals surface area contributed by atoms with Crippen molar-refractivity contribution in [1.29, 1.82) is 0 Å².